The van der Waals surface area contributed by atoms with E-state index in [1.807, 2.05) is 36.4 Å². The van der Waals surface area contributed by atoms with Crippen LogP contribution in [0.4, 0.5) is 0 Å². The Bertz CT molecular complexity index is 968. The minimum Gasteiger partial charge on any atom is -0.454 e. The normalized spacial score (nSPS) is 21.6. The van der Waals surface area contributed by atoms with Gasteiger partial charge in [-0.3, -0.25) is 14.5 Å². The van der Waals surface area contributed by atoms with Crippen LogP contribution in [0, 0.1) is 11.8 Å². The molecule has 156 valence electrons. The molecule has 2 heterocycles. The third-order valence-corrected chi connectivity index (χ3v) is 5.70. The van der Waals surface area contributed by atoms with Crippen molar-refractivity contribution in [3.05, 3.63) is 47.9 Å². The average molecular weight is 409 g/mol. The molecule has 0 radical (unpaired) electrons. The first-order valence-electron chi connectivity index (χ1n) is 10.1. The van der Waals surface area contributed by atoms with E-state index in [-0.39, 0.29) is 36.1 Å². The number of hydrogen-bond acceptors (Lipinski definition) is 7. The molecule has 0 spiro atoms. The fourth-order valence-corrected chi connectivity index (χ4v) is 3.89. The predicted molar refractivity (Wildman–Crippen MR) is 106 cm³/mol. The van der Waals surface area contributed by atoms with E-state index in [1.165, 1.54) is 12.5 Å². The number of aromatic nitrogens is 2. The van der Waals surface area contributed by atoms with E-state index in [2.05, 4.69) is 17.1 Å². The quantitative estimate of drug-likeness (QED) is 0.410. The van der Waals surface area contributed by atoms with Crippen LogP contribution >= 0.6 is 0 Å². The van der Waals surface area contributed by atoms with E-state index in [0.29, 0.717) is 18.7 Å². The van der Waals surface area contributed by atoms with Gasteiger partial charge >= 0.3 is 5.97 Å². The number of allylic oxidation sites excluding steroid dienone is 2. The van der Waals surface area contributed by atoms with Gasteiger partial charge in [0.1, 0.15) is 6.04 Å². The maximum atomic E-state index is 12.6. The Morgan fingerprint density at radius 3 is 2.40 bits per heavy atom. The number of nitrogens with zero attached hydrogens (tertiary/aromatic N) is 3. The number of likely N-dealkylation sites (tertiary alicyclic amines) is 1. The van der Waals surface area contributed by atoms with Crippen molar-refractivity contribution in [3.8, 4) is 11.4 Å². The first-order chi connectivity index (χ1) is 14.5. The van der Waals surface area contributed by atoms with Crippen LogP contribution in [0.3, 0.4) is 0 Å². The Kier molecular flexibility index (Phi) is 5.48. The van der Waals surface area contributed by atoms with E-state index >= 15 is 0 Å². The van der Waals surface area contributed by atoms with Crippen LogP contribution in [0.5, 0.6) is 0 Å². The summed E-state index contributed by atoms with van der Waals surface area (Å²) in [5, 5.41) is 3.91. The van der Waals surface area contributed by atoms with Crippen LogP contribution in [0.2, 0.25) is 0 Å². The number of benzene rings is 1. The maximum Gasteiger partial charge on any atom is 0.329 e. The van der Waals surface area contributed by atoms with Gasteiger partial charge in [-0.15, -0.1) is 0 Å². The first-order valence-corrected chi connectivity index (χ1v) is 10.1. The summed E-state index contributed by atoms with van der Waals surface area (Å²) in [6.45, 7) is 3.34. The lowest BCUT2D eigenvalue weighted by Crippen LogP contribution is -2.44. The highest BCUT2D eigenvalue weighted by atomic mass is 16.6. The SMILES string of the molecule is CCc1ccc(-c2noc(COC(=O)[C@H](C)N3C(=O)[C@@H]4CC=CC[C@H]4C3=O)n2)cc1. The minimum atomic E-state index is -1.00. The maximum absolute atomic E-state index is 12.6. The zero-order chi connectivity index (χ0) is 21.3. The van der Waals surface area contributed by atoms with Gasteiger partial charge in [0.05, 0.1) is 11.8 Å². The van der Waals surface area contributed by atoms with E-state index in [1.54, 1.807) is 0 Å². The number of carbonyl (C=O) groups excluding carboxylic acids is 3. The summed E-state index contributed by atoms with van der Waals surface area (Å²) in [4.78, 5) is 43.0. The number of ether oxygens (including phenoxy) is 1. The Labute approximate surface area is 173 Å². The van der Waals surface area contributed by atoms with Crippen molar-refractivity contribution >= 4 is 17.8 Å². The summed E-state index contributed by atoms with van der Waals surface area (Å²) in [5.74, 6) is -1.52. The number of esters is 1. The van der Waals surface area contributed by atoms with Gasteiger partial charge in [0.2, 0.25) is 17.6 Å². The highest BCUT2D eigenvalue weighted by molar-refractivity contribution is 6.08. The van der Waals surface area contributed by atoms with Gasteiger partial charge in [0.15, 0.2) is 6.61 Å². The van der Waals surface area contributed by atoms with E-state index in [9.17, 15) is 14.4 Å². The van der Waals surface area contributed by atoms with Crippen LogP contribution in [-0.2, 0) is 32.1 Å². The Hall–Kier alpha value is -3.29. The lowest BCUT2D eigenvalue weighted by molar-refractivity contribution is -0.159. The van der Waals surface area contributed by atoms with Crippen molar-refractivity contribution in [2.24, 2.45) is 11.8 Å². The molecule has 0 saturated carbocycles. The molecule has 1 saturated heterocycles. The molecule has 1 aromatic carbocycles. The number of aryl methyl sites for hydroxylation is 1. The molecule has 2 aliphatic rings. The fourth-order valence-electron chi connectivity index (χ4n) is 3.89. The molecule has 30 heavy (non-hydrogen) atoms. The van der Waals surface area contributed by atoms with Gasteiger partial charge in [-0.25, -0.2) is 4.79 Å². The predicted octanol–water partition coefficient (Wildman–Crippen LogP) is 2.68. The lowest BCUT2D eigenvalue weighted by Gasteiger charge is -2.21. The molecule has 8 nitrogen and oxygen atoms in total. The molecule has 0 bridgehead atoms. The molecule has 0 unspecified atom stereocenters. The summed E-state index contributed by atoms with van der Waals surface area (Å²) < 4.78 is 10.4. The summed E-state index contributed by atoms with van der Waals surface area (Å²) in [7, 11) is 0. The van der Waals surface area contributed by atoms with Crippen LogP contribution in [-0.4, -0.2) is 38.9 Å². The van der Waals surface area contributed by atoms with Gasteiger partial charge in [0.25, 0.3) is 5.89 Å². The third kappa shape index (κ3) is 3.65. The number of imide groups is 1. The molecule has 1 aliphatic heterocycles. The second-order valence-electron chi connectivity index (χ2n) is 7.55. The van der Waals surface area contributed by atoms with Crippen molar-refractivity contribution in [1.29, 1.82) is 0 Å². The number of hydrogen-bond donors (Lipinski definition) is 0. The molecule has 2 amide bonds. The molecule has 8 heteroatoms. The zero-order valence-corrected chi connectivity index (χ0v) is 16.9. The average Bonchev–Trinajstić information content (AvgIpc) is 3.35. The second kappa shape index (κ2) is 8.22. The summed E-state index contributed by atoms with van der Waals surface area (Å²) in [6.07, 6.45) is 5.80. The van der Waals surface area contributed by atoms with Crippen LogP contribution in [0.25, 0.3) is 11.4 Å². The van der Waals surface area contributed by atoms with Crippen LogP contribution in [0.15, 0.2) is 40.9 Å². The second-order valence-corrected chi connectivity index (χ2v) is 7.55. The number of carbonyl (C=O) groups is 3. The molecule has 2 aromatic rings. The molecule has 4 rings (SSSR count). The van der Waals surface area contributed by atoms with E-state index in [4.69, 9.17) is 9.26 Å². The molecular weight excluding hydrogens is 386 g/mol. The van der Waals surface area contributed by atoms with E-state index in [0.717, 1.165) is 16.9 Å². The van der Waals surface area contributed by atoms with Gasteiger partial charge < -0.3 is 9.26 Å². The van der Waals surface area contributed by atoms with Gasteiger partial charge in [0, 0.05) is 5.56 Å². The lowest BCUT2D eigenvalue weighted by atomic mass is 9.85. The molecule has 1 fully saturated rings. The monoisotopic (exact) mass is 409 g/mol. The fraction of sp³-hybridized carbons (Fsp3) is 0.409. The van der Waals surface area contributed by atoms with Crippen molar-refractivity contribution < 1.29 is 23.6 Å². The minimum absolute atomic E-state index is 0.141. The zero-order valence-electron chi connectivity index (χ0n) is 16.9. The Morgan fingerprint density at radius 1 is 1.17 bits per heavy atom. The highest BCUT2D eigenvalue weighted by Crippen LogP contribution is 2.36. The molecule has 1 aromatic heterocycles. The summed E-state index contributed by atoms with van der Waals surface area (Å²) in [5.41, 5.74) is 2.00. The van der Waals surface area contributed by atoms with Crippen LogP contribution in [0.1, 0.15) is 38.1 Å². The first kappa shape index (κ1) is 20.0. The van der Waals surface area contributed by atoms with Crippen LogP contribution < -0.4 is 0 Å². The Morgan fingerprint density at radius 2 is 1.80 bits per heavy atom. The van der Waals surface area contributed by atoms with Gasteiger partial charge in [-0.2, -0.15) is 4.98 Å². The van der Waals surface area contributed by atoms with Gasteiger partial charge in [-0.1, -0.05) is 48.5 Å². The number of rotatable bonds is 6. The van der Waals surface area contributed by atoms with Crippen molar-refractivity contribution in [2.45, 2.75) is 45.8 Å². The Balaban J connectivity index is 1.37. The standard InChI is InChI=1S/C22H23N3O5/c1-3-14-8-10-15(11-9-14)19-23-18(30-24-19)12-29-22(28)13(2)25-20(26)16-6-4-5-7-17(16)21(25)27/h4-5,8-11,13,16-17H,3,6-7,12H2,1-2H3/t13-,16+,17+/m0/s1. The molecule has 1 aliphatic carbocycles. The number of amides is 2. The van der Waals surface area contributed by atoms with E-state index < -0.39 is 12.0 Å². The molecule has 3 atom stereocenters. The highest BCUT2D eigenvalue weighted by Gasteiger charge is 2.50. The smallest absolute Gasteiger partial charge is 0.329 e. The largest absolute Gasteiger partial charge is 0.454 e. The van der Waals surface area contributed by atoms with Crippen molar-refractivity contribution in [2.75, 3.05) is 0 Å². The topological polar surface area (TPSA) is 103 Å². The molecular formula is C22H23N3O5. The summed E-state index contributed by atoms with van der Waals surface area (Å²) >= 11 is 0. The van der Waals surface area contributed by atoms with Gasteiger partial charge in [-0.05, 0) is 31.7 Å². The van der Waals surface area contributed by atoms with Crippen molar-refractivity contribution in [1.82, 2.24) is 15.0 Å². The molecule has 0 N–H and O–H groups in total. The summed E-state index contributed by atoms with van der Waals surface area (Å²) in [6, 6.07) is 6.79. The number of fused-ring (bicyclic) bond motifs is 1. The van der Waals surface area contributed by atoms with Crippen molar-refractivity contribution in [3.63, 3.8) is 0 Å². The third-order valence-electron chi connectivity index (χ3n) is 5.70.